The number of aromatic nitrogens is 2. The molecule has 5 heteroatoms. The number of aromatic amines is 1. The van der Waals surface area contributed by atoms with E-state index in [9.17, 15) is 9.59 Å². The Morgan fingerprint density at radius 1 is 1.40 bits per heavy atom. The number of hydrogen-bond donors (Lipinski definition) is 1. The van der Waals surface area contributed by atoms with E-state index in [0.29, 0.717) is 17.0 Å². The van der Waals surface area contributed by atoms with Crippen LogP contribution < -0.4 is 0 Å². The van der Waals surface area contributed by atoms with Gasteiger partial charge in [0.15, 0.2) is 5.78 Å². The molecular formula is C10H14N2O3. The molecule has 15 heavy (non-hydrogen) atoms. The van der Waals surface area contributed by atoms with Gasteiger partial charge in [0, 0.05) is 5.69 Å². The van der Waals surface area contributed by atoms with Gasteiger partial charge in [-0.1, -0.05) is 0 Å². The van der Waals surface area contributed by atoms with Crippen molar-refractivity contribution in [2.75, 3.05) is 6.61 Å². The number of hydrogen-bond acceptors (Lipinski definition) is 4. The third-order valence-corrected chi connectivity index (χ3v) is 2.02. The minimum absolute atomic E-state index is 0.227. The summed E-state index contributed by atoms with van der Waals surface area (Å²) in [4.78, 5) is 22.8. The molecule has 1 N–H and O–H groups in total. The van der Waals surface area contributed by atoms with Gasteiger partial charge in [0.05, 0.1) is 17.9 Å². The zero-order valence-corrected chi connectivity index (χ0v) is 9.09. The van der Waals surface area contributed by atoms with Crippen LogP contribution in [-0.4, -0.2) is 28.6 Å². The summed E-state index contributed by atoms with van der Waals surface area (Å²) in [5.41, 5.74) is 1.78. The van der Waals surface area contributed by atoms with E-state index >= 15 is 0 Å². The molecule has 0 aromatic carbocycles. The maximum Gasteiger partial charge on any atom is 0.313 e. The molecule has 0 spiro atoms. The highest BCUT2D eigenvalue weighted by molar-refractivity contribution is 6.07. The number of H-pyrrole nitrogens is 1. The predicted octanol–water partition coefficient (Wildman–Crippen LogP) is 1.16. The van der Waals surface area contributed by atoms with Crippen molar-refractivity contribution in [2.24, 2.45) is 0 Å². The van der Waals surface area contributed by atoms with Crippen molar-refractivity contribution in [1.82, 2.24) is 10.2 Å². The maximum atomic E-state index is 11.7. The molecule has 0 unspecified atom stereocenters. The monoisotopic (exact) mass is 210 g/mol. The Labute approximate surface area is 87.8 Å². The first kappa shape index (κ1) is 11.4. The van der Waals surface area contributed by atoms with Crippen molar-refractivity contribution in [3.05, 3.63) is 17.0 Å². The fourth-order valence-corrected chi connectivity index (χ4v) is 1.39. The van der Waals surface area contributed by atoms with Gasteiger partial charge in [-0.05, 0) is 20.8 Å². The lowest BCUT2D eigenvalue weighted by molar-refractivity contribution is -0.141. The van der Waals surface area contributed by atoms with Crippen LogP contribution in [0.1, 0.15) is 35.1 Å². The van der Waals surface area contributed by atoms with Crippen LogP contribution in [0.15, 0.2) is 0 Å². The van der Waals surface area contributed by atoms with Gasteiger partial charge in [-0.15, -0.1) is 0 Å². The average molecular weight is 210 g/mol. The van der Waals surface area contributed by atoms with Crippen LogP contribution in [0, 0.1) is 13.8 Å². The number of carbonyl (C=O) groups is 2. The highest BCUT2D eigenvalue weighted by Crippen LogP contribution is 2.12. The minimum Gasteiger partial charge on any atom is -0.466 e. The van der Waals surface area contributed by atoms with Gasteiger partial charge in [0.1, 0.15) is 6.42 Å². The van der Waals surface area contributed by atoms with Crippen LogP contribution in [0.5, 0.6) is 0 Å². The molecular weight excluding hydrogens is 196 g/mol. The lowest BCUT2D eigenvalue weighted by atomic mass is 10.1. The summed E-state index contributed by atoms with van der Waals surface area (Å²) in [5.74, 6) is -0.750. The summed E-state index contributed by atoms with van der Waals surface area (Å²) < 4.78 is 4.70. The molecule has 0 aliphatic rings. The Hall–Kier alpha value is -1.65. The summed E-state index contributed by atoms with van der Waals surface area (Å²) >= 11 is 0. The first-order chi connectivity index (χ1) is 7.06. The number of nitrogens with zero attached hydrogens (tertiary/aromatic N) is 1. The Kier molecular flexibility index (Phi) is 3.60. The van der Waals surface area contributed by atoms with Gasteiger partial charge in [-0.25, -0.2) is 0 Å². The second-order valence-corrected chi connectivity index (χ2v) is 3.21. The highest BCUT2D eigenvalue weighted by atomic mass is 16.5. The van der Waals surface area contributed by atoms with Crippen LogP contribution in [0.3, 0.4) is 0 Å². The Balaban J connectivity index is 2.73. The Morgan fingerprint density at radius 2 is 2.07 bits per heavy atom. The third-order valence-electron chi connectivity index (χ3n) is 2.02. The van der Waals surface area contributed by atoms with E-state index in [4.69, 9.17) is 4.74 Å². The zero-order valence-electron chi connectivity index (χ0n) is 9.09. The number of esters is 1. The van der Waals surface area contributed by atoms with E-state index in [-0.39, 0.29) is 18.8 Å². The minimum atomic E-state index is -0.498. The van der Waals surface area contributed by atoms with E-state index in [0.717, 1.165) is 0 Å². The van der Waals surface area contributed by atoms with Gasteiger partial charge in [0.25, 0.3) is 0 Å². The van der Waals surface area contributed by atoms with Gasteiger partial charge >= 0.3 is 5.97 Å². The Bertz CT molecular complexity index is 363. The molecule has 82 valence electrons. The van der Waals surface area contributed by atoms with Crippen molar-refractivity contribution in [1.29, 1.82) is 0 Å². The van der Waals surface area contributed by atoms with E-state index in [1.54, 1.807) is 20.8 Å². The predicted molar refractivity (Wildman–Crippen MR) is 53.6 cm³/mol. The van der Waals surface area contributed by atoms with Crippen LogP contribution in [0.25, 0.3) is 0 Å². The number of ether oxygens (including phenoxy) is 1. The summed E-state index contributed by atoms with van der Waals surface area (Å²) in [6.07, 6.45) is -0.227. The van der Waals surface area contributed by atoms with Gasteiger partial charge in [-0.2, -0.15) is 5.10 Å². The molecule has 1 aromatic heterocycles. The molecule has 0 saturated heterocycles. The van der Waals surface area contributed by atoms with Crippen LogP contribution >= 0.6 is 0 Å². The van der Waals surface area contributed by atoms with Crippen LogP contribution in [0.4, 0.5) is 0 Å². The lowest BCUT2D eigenvalue weighted by Gasteiger charge is -2.01. The summed E-state index contributed by atoms with van der Waals surface area (Å²) in [5, 5.41) is 6.59. The first-order valence-corrected chi connectivity index (χ1v) is 4.76. The van der Waals surface area contributed by atoms with Crippen molar-refractivity contribution < 1.29 is 14.3 Å². The number of aryl methyl sites for hydroxylation is 2. The normalized spacial score (nSPS) is 10.1. The van der Waals surface area contributed by atoms with Gasteiger partial charge in [0.2, 0.25) is 0 Å². The largest absolute Gasteiger partial charge is 0.466 e. The molecule has 0 amide bonds. The fourth-order valence-electron chi connectivity index (χ4n) is 1.39. The second-order valence-electron chi connectivity index (χ2n) is 3.21. The zero-order chi connectivity index (χ0) is 11.4. The van der Waals surface area contributed by atoms with Gasteiger partial charge < -0.3 is 4.74 Å². The molecule has 0 fully saturated rings. The lowest BCUT2D eigenvalue weighted by Crippen LogP contribution is -2.12. The summed E-state index contributed by atoms with van der Waals surface area (Å²) in [6.45, 7) is 5.46. The molecule has 5 nitrogen and oxygen atoms in total. The molecule has 1 rings (SSSR count). The van der Waals surface area contributed by atoms with Crippen molar-refractivity contribution in [3.8, 4) is 0 Å². The average Bonchev–Trinajstić information content (AvgIpc) is 2.46. The van der Waals surface area contributed by atoms with E-state index in [1.807, 2.05) is 0 Å². The fraction of sp³-hybridized carbons (Fsp3) is 0.500. The van der Waals surface area contributed by atoms with Gasteiger partial charge in [-0.3, -0.25) is 14.7 Å². The number of Topliss-reactive ketones (excluding diaryl/α,β-unsaturated/α-hetero) is 1. The number of ketones is 1. The number of rotatable bonds is 4. The second kappa shape index (κ2) is 4.72. The molecule has 1 heterocycles. The first-order valence-electron chi connectivity index (χ1n) is 4.76. The smallest absolute Gasteiger partial charge is 0.313 e. The van der Waals surface area contributed by atoms with Crippen molar-refractivity contribution >= 4 is 11.8 Å². The number of nitrogens with one attached hydrogen (secondary N) is 1. The molecule has 0 bridgehead atoms. The maximum absolute atomic E-state index is 11.7. The Morgan fingerprint density at radius 3 is 2.53 bits per heavy atom. The standard InChI is InChI=1S/C10H14N2O3/c1-4-15-9(14)5-8(13)10-6(2)11-12-7(10)3/h4-5H2,1-3H3,(H,11,12). The van der Waals surface area contributed by atoms with Crippen LogP contribution in [0.2, 0.25) is 0 Å². The highest BCUT2D eigenvalue weighted by Gasteiger charge is 2.18. The molecule has 1 aromatic rings. The summed E-state index contributed by atoms with van der Waals surface area (Å²) in [6, 6.07) is 0. The molecule has 0 saturated carbocycles. The van der Waals surface area contributed by atoms with E-state index in [2.05, 4.69) is 10.2 Å². The number of carbonyl (C=O) groups excluding carboxylic acids is 2. The SMILES string of the molecule is CCOC(=O)CC(=O)c1c(C)n[nH]c1C. The molecule has 0 atom stereocenters. The molecule has 0 aliphatic heterocycles. The van der Waals surface area contributed by atoms with Crippen molar-refractivity contribution in [2.45, 2.75) is 27.2 Å². The van der Waals surface area contributed by atoms with E-state index in [1.165, 1.54) is 0 Å². The van der Waals surface area contributed by atoms with Crippen molar-refractivity contribution in [3.63, 3.8) is 0 Å². The van der Waals surface area contributed by atoms with Crippen LogP contribution in [-0.2, 0) is 9.53 Å². The molecule has 0 radical (unpaired) electrons. The van der Waals surface area contributed by atoms with E-state index < -0.39 is 5.97 Å². The summed E-state index contributed by atoms with van der Waals surface area (Å²) in [7, 11) is 0. The quantitative estimate of drug-likeness (QED) is 0.460. The molecule has 0 aliphatic carbocycles. The topological polar surface area (TPSA) is 72.1 Å². The third kappa shape index (κ3) is 2.65.